The van der Waals surface area contributed by atoms with Gasteiger partial charge in [-0.25, -0.2) is 0 Å². The average Bonchev–Trinajstić information content (AvgIpc) is 2.72. The highest BCUT2D eigenvalue weighted by atomic mass is 79.9. The minimum absolute atomic E-state index is 0.0909. The van der Waals surface area contributed by atoms with Crippen LogP contribution in [0.3, 0.4) is 0 Å². The van der Waals surface area contributed by atoms with Crippen LogP contribution < -0.4 is 0 Å². The second kappa shape index (κ2) is 5.90. The van der Waals surface area contributed by atoms with Crippen molar-refractivity contribution in [3.8, 4) is 0 Å². The largest absolute Gasteiger partial charge is 0.469 e. The molecule has 2 aliphatic heterocycles. The minimum Gasteiger partial charge on any atom is -0.469 e. The number of esters is 1. The molecule has 1 aromatic carbocycles. The van der Waals surface area contributed by atoms with Crippen molar-refractivity contribution in [2.75, 3.05) is 14.2 Å². The van der Waals surface area contributed by atoms with E-state index in [-0.39, 0.29) is 23.8 Å². The summed E-state index contributed by atoms with van der Waals surface area (Å²) in [5.74, 6) is 0.0230. The van der Waals surface area contributed by atoms with Crippen LogP contribution in [0.25, 0.3) is 0 Å². The van der Waals surface area contributed by atoms with Crippen molar-refractivity contribution >= 4 is 33.5 Å². The van der Waals surface area contributed by atoms with Crippen LogP contribution >= 0.6 is 27.5 Å². The van der Waals surface area contributed by atoms with Crippen LogP contribution in [0.1, 0.15) is 30.7 Å². The molecule has 3 nitrogen and oxygen atoms in total. The van der Waals surface area contributed by atoms with E-state index in [0.29, 0.717) is 11.1 Å². The molecule has 3 rings (SSSR count). The molecule has 0 radical (unpaired) electrons. The Kier molecular flexibility index (Phi) is 4.30. The van der Waals surface area contributed by atoms with Gasteiger partial charge in [0, 0.05) is 22.5 Å². The fraction of sp³-hybridized carbons (Fsp3) is 0.562. The van der Waals surface area contributed by atoms with Crippen molar-refractivity contribution in [3.05, 3.63) is 33.3 Å². The number of rotatable bonds is 2. The van der Waals surface area contributed by atoms with E-state index in [2.05, 4.69) is 27.9 Å². The first-order valence-corrected chi connectivity index (χ1v) is 8.44. The van der Waals surface area contributed by atoms with E-state index >= 15 is 0 Å². The number of fused-ring (bicyclic) bond motifs is 2. The predicted octanol–water partition coefficient (Wildman–Crippen LogP) is 3.84. The molecule has 2 bridgehead atoms. The number of carbonyl (C=O) groups is 1. The Morgan fingerprint density at radius 1 is 1.43 bits per heavy atom. The Hall–Kier alpha value is -0.580. The molecular weight excluding hydrogens is 354 g/mol. The normalized spacial score (nSPS) is 32.2. The molecule has 1 aromatic rings. The summed E-state index contributed by atoms with van der Waals surface area (Å²) in [4.78, 5) is 14.7. The molecule has 4 atom stereocenters. The molecule has 2 fully saturated rings. The predicted molar refractivity (Wildman–Crippen MR) is 86.6 cm³/mol. The molecule has 0 aliphatic carbocycles. The Bertz CT molecular complexity index is 565. The molecule has 0 spiro atoms. The van der Waals surface area contributed by atoms with Gasteiger partial charge in [-0.1, -0.05) is 17.7 Å². The van der Waals surface area contributed by atoms with Crippen LogP contribution in [-0.4, -0.2) is 37.1 Å². The number of methoxy groups -OCH3 is 1. The maximum atomic E-state index is 12.3. The molecule has 2 saturated heterocycles. The lowest BCUT2D eigenvalue weighted by Gasteiger charge is -2.41. The molecule has 0 unspecified atom stereocenters. The molecule has 2 heterocycles. The van der Waals surface area contributed by atoms with E-state index in [1.54, 1.807) is 0 Å². The second-order valence-corrected chi connectivity index (χ2v) is 7.29. The van der Waals surface area contributed by atoms with Crippen molar-refractivity contribution in [3.63, 3.8) is 0 Å². The highest BCUT2D eigenvalue weighted by Gasteiger charge is 2.49. The molecule has 2 aliphatic rings. The highest BCUT2D eigenvalue weighted by Crippen LogP contribution is 2.47. The van der Waals surface area contributed by atoms with Gasteiger partial charge in [-0.2, -0.15) is 0 Å². The van der Waals surface area contributed by atoms with Gasteiger partial charge in [0.05, 0.1) is 18.1 Å². The first-order chi connectivity index (χ1) is 10.0. The number of benzene rings is 1. The summed E-state index contributed by atoms with van der Waals surface area (Å²) in [6.45, 7) is 0. The maximum absolute atomic E-state index is 12.3. The fourth-order valence-corrected chi connectivity index (χ4v) is 4.52. The molecule has 114 valence electrons. The smallest absolute Gasteiger partial charge is 0.310 e. The molecule has 0 amide bonds. The monoisotopic (exact) mass is 371 g/mol. The number of piperidine rings is 1. The number of carbonyl (C=O) groups excluding carboxylic acids is 1. The van der Waals surface area contributed by atoms with Crippen molar-refractivity contribution in [2.24, 2.45) is 5.92 Å². The van der Waals surface area contributed by atoms with Crippen molar-refractivity contribution in [1.82, 2.24) is 4.90 Å². The first kappa shape index (κ1) is 15.3. The van der Waals surface area contributed by atoms with Crippen molar-refractivity contribution in [1.29, 1.82) is 0 Å². The standard InChI is InChI=1S/C16H19BrClNO2/c1-19-10-4-6-14(19)15(16(20)21-2)11(8-10)9-3-5-13(18)12(17)7-9/h3,5,7,10-11,14-15H,4,6,8H2,1-2H3/t10-,11+,14+,15-/m0/s1. The average molecular weight is 373 g/mol. The van der Waals surface area contributed by atoms with Gasteiger partial charge in [0.2, 0.25) is 0 Å². The van der Waals surface area contributed by atoms with Crippen molar-refractivity contribution in [2.45, 2.75) is 37.3 Å². The Morgan fingerprint density at radius 2 is 2.19 bits per heavy atom. The van der Waals surface area contributed by atoms with E-state index in [1.165, 1.54) is 19.1 Å². The summed E-state index contributed by atoms with van der Waals surface area (Å²) in [5.41, 5.74) is 1.17. The lowest BCUT2D eigenvalue weighted by atomic mass is 9.76. The maximum Gasteiger partial charge on any atom is 0.310 e. The van der Waals surface area contributed by atoms with Crippen LogP contribution in [0, 0.1) is 5.92 Å². The van der Waals surface area contributed by atoms with Crippen LogP contribution in [0.2, 0.25) is 5.02 Å². The topological polar surface area (TPSA) is 29.5 Å². The zero-order valence-electron chi connectivity index (χ0n) is 12.2. The van der Waals surface area contributed by atoms with Gasteiger partial charge in [0.1, 0.15) is 0 Å². The van der Waals surface area contributed by atoms with Crippen LogP contribution in [-0.2, 0) is 9.53 Å². The number of ether oxygens (including phenoxy) is 1. The van der Waals surface area contributed by atoms with Gasteiger partial charge in [0.15, 0.2) is 0 Å². The van der Waals surface area contributed by atoms with Gasteiger partial charge in [-0.05, 0) is 59.9 Å². The number of halogens is 2. The summed E-state index contributed by atoms with van der Waals surface area (Å²) >= 11 is 9.58. The molecule has 0 aromatic heterocycles. The van der Waals surface area contributed by atoms with E-state index in [1.807, 2.05) is 18.2 Å². The second-order valence-electron chi connectivity index (χ2n) is 6.03. The Morgan fingerprint density at radius 3 is 2.86 bits per heavy atom. The van der Waals surface area contributed by atoms with Crippen LogP contribution in [0.4, 0.5) is 0 Å². The Balaban J connectivity index is 1.98. The summed E-state index contributed by atoms with van der Waals surface area (Å²) in [6.07, 6.45) is 3.24. The minimum atomic E-state index is -0.0942. The van der Waals surface area contributed by atoms with Crippen molar-refractivity contribution < 1.29 is 9.53 Å². The third-order valence-corrected chi connectivity index (χ3v) is 6.33. The van der Waals surface area contributed by atoms with Gasteiger partial charge >= 0.3 is 5.97 Å². The summed E-state index contributed by atoms with van der Waals surface area (Å²) in [6, 6.07) is 6.84. The summed E-state index contributed by atoms with van der Waals surface area (Å²) in [7, 11) is 3.62. The van der Waals surface area contributed by atoms with Crippen LogP contribution in [0.5, 0.6) is 0 Å². The van der Waals surface area contributed by atoms with E-state index in [4.69, 9.17) is 16.3 Å². The Labute approximate surface area is 138 Å². The zero-order chi connectivity index (χ0) is 15.1. The molecule has 5 heteroatoms. The fourth-order valence-electron chi connectivity index (χ4n) is 4.01. The van der Waals surface area contributed by atoms with Gasteiger partial charge < -0.3 is 4.74 Å². The lowest BCUT2D eigenvalue weighted by Crippen LogP contribution is -2.49. The van der Waals surface area contributed by atoms with E-state index in [9.17, 15) is 4.79 Å². The third-order valence-electron chi connectivity index (χ3n) is 5.11. The van der Waals surface area contributed by atoms with Gasteiger partial charge in [-0.3, -0.25) is 9.69 Å². The highest BCUT2D eigenvalue weighted by molar-refractivity contribution is 9.10. The zero-order valence-corrected chi connectivity index (χ0v) is 14.5. The SMILES string of the molecule is COC(=O)[C@H]1[C@@H](c2ccc(Cl)c(Br)c2)C[C@@H]2CC[C@H]1N2C. The summed E-state index contributed by atoms with van der Waals surface area (Å²) < 4.78 is 5.98. The first-order valence-electron chi connectivity index (χ1n) is 7.27. The molecule has 0 N–H and O–H groups in total. The quantitative estimate of drug-likeness (QED) is 0.739. The molecule has 0 saturated carbocycles. The summed E-state index contributed by atoms with van der Waals surface area (Å²) in [5, 5.41) is 0.698. The van der Waals surface area contributed by atoms with E-state index in [0.717, 1.165) is 17.3 Å². The number of nitrogens with zero attached hydrogens (tertiary/aromatic N) is 1. The molecular formula is C16H19BrClNO2. The number of hydrogen-bond acceptors (Lipinski definition) is 3. The van der Waals surface area contributed by atoms with E-state index < -0.39 is 0 Å². The van der Waals surface area contributed by atoms with Gasteiger partial charge in [0.25, 0.3) is 0 Å². The van der Waals surface area contributed by atoms with Gasteiger partial charge in [-0.15, -0.1) is 0 Å². The van der Waals surface area contributed by atoms with Crippen LogP contribution in [0.15, 0.2) is 22.7 Å². The lowest BCUT2D eigenvalue weighted by molar-refractivity contribution is -0.150. The third kappa shape index (κ3) is 2.62. The molecule has 21 heavy (non-hydrogen) atoms. The number of hydrogen-bond donors (Lipinski definition) is 0.